The number of nitrogens with zero attached hydrogens (tertiary/aromatic N) is 2. The van der Waals surface area contributed by atoms with Gasteiger partial charge in [0.1, 0.15) is 12.9 Å². The third-order valence-electron chi connectivity index (χ3n) is 0.942. The molecule has 0 unspecified atom stereocenters. The zero-order valence-corrected chi connectivity index (χ0v) is 5.70. The van der Waals surface area contributed by atoms with Gasteiger partial charge in [-0.15, -0.1) is 5.10 Å². The summed E-state index contributed by atoms with van der Waals surface area (Å²) in [7, 11) is 0. The minimum atomic E-state index is -0.339. The molecule has 5 heteroatoms. The minimum absolute atomic E-state index is 0.339. The molecule has 0 amide bonds. The second kappa shape index (κ2) is 3.05. The first-order valence-electron chi connectivity index (χ1n) is 3.10. The van der Waals surface area contributed by atoms with Crippen molar-refractivity contribution in [2.75, 3.05) is 6.61 Å². The summed E-state index contributed by atoms with van der Waals surface area (Å²) in [6.07, 6.45) is 2.15. The number of hydrogen-bond acceptors (Lipinski definition) is 3. The predicted molar refractivity (Wildman–Crippen MR) is 34.6 cm³/mol. The molecule has 5 nitrogen and oxygen atoms in total. The fraction of sp³-hybridized carbons (Fsp3) is 0.600. The third kappa shape index (κ3) is 1.37. The van der Waals surface area contributed by atoms with Gasteiger partial charge in [0.05, 0.1) is 0 Å². The molecule has 10 heavy (non-hydrogen) atoms. The van der Waals surface area contributed by atoms with Crippen molar-refractivity contribution in [3.05, 3.63) is 16.8 Å². The third-order valence-corrected chi connectivity index (χ3v) is 0.942. The summed E-state index contributed by atoms with van der Waals surface area (Å²) in [5.74, 6) is 0. The van der Waals surface area contributed by atoms with Crippen LogP contribution in [0, 0.1) is 0 Å². The van der Waals surface area contributed by atoms with Crippen LogP contribution in [0.2, 0.25) is 0 Å². The van der Waals surface area contributed by atoms with Gasteiger partial charge in [0.2, 0.25) is 0 Å². The molecule has 0 aliphatic carbocycles. The molecule has 0 bridgehead atoms. The van der Waals surface area contributed by atoms with Gasteiger partial charge >= 0.3 is 5.69 Å². The minimum Gasteiger partial charge on any atom is -0.392 e. The molecule has 56 valence electrons. The first-order chi connectivity index (χ1) is 4.84. The van der Waals surface area contributed by atoms with Crippen LogP contribution in [0.5, 0.6) is 0 Å². The Kier molecular flexibility index (Phi) is 2.09. The highest BCUT2D eigenvalue weighted by molar-refractivity contribution is 4.53. The molecular weight excluding hydrogens is 134 g/mol. The van der Waals surface area contributed by atoms with Crippen molar-refractivity contribution in [2.24, 2.45) is 0 Å². The number of aromatic nitrogens is 3. The summed E-state index contributed by atoms with van der Waals surface area (Å²) < 4.78 is 0. The molecule has 1 aromatic heterocycles. The Morgan fingerprint density at radius 3 is 3.20 bits per heavy atom. The van der Waals surface area contributed by atoms with Crippen LogP contribution in [0.4, 0.5) is 0 Å². The number of H-pyrrole nitrogens is 1. The van der Waals surface area contributed by atoms with Gasteiger partial charge in [-0.1, -0.05) is 6.92 Å². The van der Waals surface area contributed by atoms with Crippen LogP contribution in [0.25, 0.3) is 0 Å². The molecule has 0 aromatic carbocycles. The van der Waals surface area contributed by atoms with E-state index in [1.54, 1.807) is 0 Å². The van der Waals surface area contributed by atoms with Crippen LogP contribution >= 0.6 is 0 Å². The lowest BCUT2D eigenvalue weighted by molar-refractivity contribution is 0.0749. The molecule has 0 aliphatic heterocycles. The maximum Gasteiger partial charge on any atom is 0.377 e. The molecule has 0 spiro atoms. The fourth-order valence-corrected chi connectivity index (χ4v) is 0.514. The Morgan fingerprint density at radius 1 is 1.90 bits per heavy atom. The number of aromatic amines is 1. The monoisotopic (exact) mass is 143 g/mol. The van der Waals surface area contributed by atoms with Crippen LogP contribution in [0.3, 0.4) is 0 Å². The van der Waals surface area contributed by atoms with Gasteiger partial charge in [0.25, 0.3) is 0 Å². The molecule has 0 aliphatic rings. The van der Waals surface area contributed by atoms with Crippen LogP contribution in [0.1, 0.15) is 13.3 Å². The Labute approximate surface area is 57.6 Å². The molecular formula is C5H9N3O2. The van der Waals surface area contributed by atoms with E-state index in [0.717, 1.165) is 11.3 Å². The van der Waals surface area contributed by atoms with Crippen molar-refractivity contribution in [1.82, 2.24) is 14.9 Å². The number of hydrogen-bond donors (Lipinski definition) is 1. The van der Waals surface area contributed by atoms with E-state index in [2.05, 4.69) is 10.1 Å². The standard InChI is InChI=1S/C5H9N3O2/c1-2-3-10-8-5(9)6-4-7-8/h4H,2-3H2,1H3,(H,6,7,9). The van der Waals surface area contributed by atoms with Gasteiger partial charge in [-0.25, -0.2) is 4.79 Å². The van der Waals surface area contributed by atoms with Crippen molar-refractivity contribution >= 4 is 0 Å². The molecule has 1 heterocycles. The first kappa shape index (κ1) is 6.85. The second-order valence-electron chi connectivity index (χ2n) is 1.80. The van der Waals surface area contributed by atoms with E-state index in [0.29, 0.717) is 6.61 Å². The van der Waals surface area contributed by atoms with Gasteiger partial charge in [-0.05, 0) is 11.3 Å². The van der Waals surface area contributed by atoms with Crippen molar-refractivity contribution in [2.45, 2.75) is 13.3 Å². The van der Waals surface area contributed by atoms with Crippen LogP contribution < -0.4 is 10.5 Å². The van der Waals surface area contributed by atoms with Gasteiger partial charge in [-0.2, -0.15) is 0 Å². The fourth-order valence-electron chi connectivity index (χ4n) is 0.514. The van der Waals surface area contributed by atoms with E-state index < -0.39 is 0 Å². The van der Waals surface area contributed by atoms with Crippen LogP contribution in [0.15, 0.2) is 11.1 Å². The molecule has 0 fully saturated rings. The summed E-state index contributed by atoms with van der Waals surface area (Å²) >= 11 is 0. The lowest BCUT2D eigenvalue weighted by Gasteiger charge is -1.97. The molecule has 1 aromatic rings. The molecule has 0 saturated carbocycles. The van der Waals surface area contributed by atoms with E-state index in [1.807, 2.05) is 6.92 Å². The highest BCUT2D eigenvalue weighted by Crippen LogP contribution is 1.71. The van der Waals surface area contributed by atoms with Crippen molar-refractivity contribution in [3.63, 3.8) is 0 Å². The average molecular weight is 143 g/mol. The van der Waals surface area contributed by atoms with E-state index in [4.69, 9.17) is 4.84 Å². The molecule has 1 N–H and O–H groups in total. The SMILES string of the molecule is CCCOn1nc[nH]c1=O. The maximum atomic E-state index is 10.6. The summed E-state index contributed by atoms with van der Waals surface area (Å²) in [6.45, 7) is 2.46. The zero-order valence-electron chi connectivity index (χ0n) is 5.70. The van der Waals surface area contributed by atoms with Gasteiger partial charge in [0.15, 0.2) is 0 Å². The highest BCUT2D eigenvalue weighted by atomic mass is 16.7. The van der Waals surface area contributed by atoms with Gasteiger partial charge in [-0.3, -0.25) is 4.98 Å². The van der Waals surface area contributed by atoms with E-state index in [-0.39, 0.29) is 5.69 Å². The smallest absolute Gasteiger partial charge is 0.377 e. The highest BCUT2D eigenvalue weighted by Gasteiger charge is 1.93. The van der Waals surface area contributed by atoms with Crippen molar-refractivity contribution in [3.8, 4) is 0 Å². The van der Waals surface area contributed by atoms with E-state index >= 15 is 0 Å². The molecule has 0 saturated heterocycles. The Morgan fingerprint density at radius 2 is 2.70 bits per heavy atom. The largest absolute Gasteiger partial charge is 0.392 e. The van der Waals surface area contributed by atoms with Crippen LogP contribution in [-0.4, -0.2) is 21.5 Å². The number of rotatable bonds is 3. The first-order valence-corrected chi connectivity index (χ1v) is 3.10. The van der Waals surface area contributed by atoms with E-state index in [1.165, 1.54) is 6.33 Å². The molecule has 0 radical (unpaired) electrons. The summed E-state index contributed by atoms with van der Waals surface area (Å²) in [5, 5.41) is 3.58. The van der Waals surface area contributed by atoms with Crippen molar-refractivity contribution < 1.29 is 4.84 Å². The number of nitrogens with one attached hydrogen (secondary N) is 1. The van der Waals surface area contributed by atoms with E-state index in [9.17, 15) is 4.79 Å². The predicted octanol–water partition coefficient (Wildman–Crippen LogP) is -0.590. The topological polar surface area (TPSA) is 59.9 Å². The summed E-state index contributed by atoms with van der Waals surface area (Å²) in [4.78, 5) is 18.8. The van der Waals surface area contributed by atoms with Crippen molar-refractivity contribution in [1.29, 1.82) is 0 Å². The van der Waals surface area contributed by atoms with Gasteiger partial charge < -0.3 is 4.84 Å². The maximum absolute atomic E-state index is 10.6. The lowest BCUT2D eigenvalue weighted by atomic mass is 10.5. The Bertz CT molecular complexity index is 239. The Balaban J connectivity index is 2.57. The molecule has 1 rings (SSSR count). The normalized spacial score (nSPS) is 9.70. The van der Waals surface area contributed by atoms with Crippen LogP contribution in [-0.2, 0) is 0 Å². The Hall–Kier alpha value is -1.26. The quantitative estimate of drug-likeness (QED) is 0.615. The summed E-state index contributed by atoms with van der Waals surface area (Å²) in [6, 6.07) is 0. The average Bonchev–Trinajstić information content (AvgIpc) is 2.31. The zero-order chi connectivity index (χ0) is 7.40. The molecule has 0 atom stereocenters. The second-order valence-corrected chi connectivity index (χ2v) is 1.80. The summed E-state index contributed by atoms with van der Waals surface area (Å²) in [5.41, 5.74) is -0.339. The lowest BCUT2D eigenvalue weighted by Crippen LogP contribution is -2.26. The van der Waals surface area contributed by atoms with Gasteiger partial charge in [0, 0.05) is 0 Å².